The zero-order chi connectivity index (χ0) is 9.68. The second-order valence-corrected chi connectivity index (χ2v) is 2.74. The molecular formula is C9H13NO3. The number of rotatable bonds is 4. The van der Waals surface area contributed by atoms with Gasteiger partial charge in [0.15, 0.2) is 5.76 Å². The van der Waals surface area contributed by atoms with Crippen LogP contribution < -0.4 is 5.32 Å². The normalized spacial score (nSPS) is 12.5. The quantitative estimate of drug-likeness (QED) is 0.725. The molecule has 0 bridgehead atoms. The molecule has 0 unspecified atom stereocenters. The van der Waals surface area contributed by atoms with Gasteiger partial charge >= 0.3 is 0 Å². The summed E-state index contributed by atoms with van der Waals surface area (Å²) in [7, 11) is 0. The molecule has 72 valence electrons. The van der Waals surface area contributed by atoms with Gasteiger partial charge < -0.3 is 14.8 Å². The SMILES string of the molecule is CC[C@H](CO)NC(=O)c1ccco1. The average molecular weight is 183 g/mol. The summed E-state index contributed by atoms with van der Waals surface area (Å²) < 4.78 is 4.89. The predicted molar refractivity (Wildman–Crippen MR) is 47.3 cm³/mol. The Hall–Kier alpha value is -1.29. The van der Waals surface area contributed by atoms with Gasteiger partial charge in [-0.15, -0.1) is 0 Å². The third-order valence-corrected chi connectivity index (χ3v) is 1.79. The molecule has 4 nitrogen and oxygen atoms in total. The molecule has 0 radical (unpaired) electrons. The monoisotopic (exact) mass is 183 g/mol. The van der Waals surface area contributed by atoms with Gasteiger partial charge in [0.2, 0.25) is 0 Å². The molecule has 1 aromatic rings. The lowest BCUT2D eigenvalue weighted by molar-refractivity contribution is 0.0887. The fraction of sp³-hybridized carbons (Fsp3) is 0.444. The summed E-state index contributed by atoms with van der Waals surface area (Å²) in [5.74, 6) is -0.0159. The molecule has 1 heterocycles. The molecule has 1 atom stereocenters. The van der Waals surface area contributed by atoms with Gasteiger partial charge in [0, 0.05) is 0 Å². The van der Waals surface area contributed by atoms with E-state index in [4.69, 9.17) is 9.52 Å². The van der Waals surface area contributed by atoms with Crippen molar-refractivity contribution >= 4 is 5.91 Å². The number of aliphatic hydroxyl groups excluding tert-OH is 1. The van der Waals surface area contributed by atoms with E-state index < -0.39 is 0 Å². The smallest absolute Gasteiger partial charge is 0.287 e. The lowest BCUT2D eigenvalue weighted by Crippen LogP contribution is -2.36. The van der Waals surface area contributed by atoms with Crippen LogP contribution in [0.15, 0.2) is 22.8 Å². The Bertz CT molecular complexity index is 252. The number of hydrogen-bond acceptors (Lipinski definition) is 3. The molecule has 0 saturated carbocycles. The maximum Gasteiger partial charge on any atom is 0.287 e. The topological polar surface area (TPSA) is 62.5 Å². The predicted octanol–water partition coefficient (Wildman–Crippen LogP) is 0.780. The first-order chi connectivity index (χ1) is 6.27. The van der Waals surface area contributed by atoms with E-state index in [0.717, 1.165) is 0 Å². The minimum atomic E-state index is -0.286. The lowest BCUT2D eigenvalue weighted by atomic mass is 10.2. The first-order valence-corrected chi connectivity index (χ1v) is 4.23. The Labute approximate surface area is 76.6 Å². The van der Waals surface area contributed by atoms with Gasteiger partial charge in [0.25, 0.3) is 5.91 Å². The van der Waals surface area contributed by atoms with E-state index in [-0.39, 0.29) is 24.3 Å². The summed E-state index contributed by atoms with van der Waals surface area (Å²) >= 11 is 0. The summed E-state index contributed by atoms with van der Waals surface area (Å²) in [5.41, 5.74) is 0. The van der Waals surface area contributed by atoms with Crippen LogP contribution in [0.2, 0.25) is 0 Å². The van der Waals surface area contributed by atoms with E-state index in [9.17, 15) is 4.79 Å². The number of hydrogen-bond donors (Lipinski definition) is 2. The maximum atomic E-state index is 11.3. The minimum absolute atomic E-state index is 0.0526. The Balaban J connectivity index is 2.50. The van der Waals surface area contributed by atoms with Crippen LogP contribution in [-0.4, -0.2) is 23.7 Å². The number of nitrogens with one attached hydrogen (secondary N) is 1. The molecule has 1 aromatic heterocycles. The largest absolute Gasteiger partial charge is 0.459 e. The van der Waals surface area contributed by atoms with Crippen LogP contribution in [0, 0.1) is 0 Å². The van der Waals surface area contributed by atoms with E-state index >= 15 is 0 Å². The zero-order valence-corrected chi connectivity index (χ0v) is 7.49. The van der Waals surface area contributed by atoms with Crippen LogP contribution in [0.5, 0.6) is 0 Å². The molecule has 13 heavy (non-hydrogen) atoms. The van der Waals surface area contributed by atoms with Crippen molar-refractivity contribution in [2.75, 3.05) is 6.61 Å². The molecule has 0 aliphatic rings. The maximum absolute atomic E-state index is 11.3. The summed E-state index contributed by atoms with van der Waals surface area (Å²) in [6.45, 7) is 1.84. The highest BCUT2D eigenvalue weighted by atomic mass is 16.3. The van der Waals surface area contributed by atoms with Gasteiger partial charge in [-0.2, -0.15) is 0 Å². The van der Waals surface area contributed by atoms with Crippen LogP contribution in [0.4, 0.5) is 0 Å². The molecule has 0 aromatic carbocycles. The number of amides is 1. The van der Waals surface area contributed by atoms with E-state index in [1.54, 1.807) is 12.1 Å². The molecule has 0 fully saturated rings. The van der Waals surface area contributed by atoms with Crippen LogP contribution in [0.1, 0.15) is 23.9 Å². The van der Waals surface area contributed by atoms with Gasteiger partial charge in [-0.25, -0.2) is 0 Å². The molecule has 2 N–H and O–H groups in total. The number of carbonyl (C=O) groups is 1. The molecule has 0 saturated heterocycles. The summed E-state index contributed by atoms with van der Waals surface area (Å²) in [6, 6.07) is 3.03. The standard InChI is InChI=1S/C9H13NO3/c1-2-7(6-11)10-9(12)8-4-3-5-13-8/h3-5,7,11H,2,6H2,1H3,(H,10,12)/t7-/m1/s1. The molecule has 1 rings (SSSR count). The van der Waals surface area contributed by atoms with Crippen LogP contribution >= 0.6 is 0 Å². The molecular weight excluding hydrogens is 170 g/mol. The highest BCUT2D eigenvalue weighted by Crippen LogP contribution is 2.00. The average Bonchev–Trinajstić information content (AvgIpc) is 2.66. The van der Waals surface area contributed by atoms with Crippen molar-refractivity contribution in [2.24, 2.45) is 0 Å². The van der Waals surface area contributed by atoms with Crippen molar-refractivity contribution < 1.29 is 14.3 Å². The number of furan rings is 1. The van der Waals surface area contributed by atoms with Crippen molar-refractivity contribution in [1.82, 2.24) is 5.32 Å². The molecule has 4 heteroatoms. The van der Waals surface area contributed by atoms with Gasteiger partial charge in [0.05, 0.1) is 18.9 Å². The van der Waals surface area contributed by atoms with Crippen LogP contribution in [0.3, 0.4) is 0 Å². The van der Waals surface area contributed by atoms with Gasteiger partial charge in [-0.3, -0.25) is 4.79 Å². The van der Waals surface area contributed by atoms with Gasteiger partial charge in [-0.05, 0) is 18.6 Å². The third kappa shape index (κ3) is 2.59. The highest BCUT2D eigenvalue weighted by molar-refractivity contribution is 5.91. The minimum Gasteiger partial charge on any atom is -0.459 e. The Morgan fingerprint density at radius 3 is 3.00 bits per heavy atom. The summed E-state index contributed by atoms with van der Waals surface area (Å²) in [5, 5.41) is 11.5. The van der Waals surface area contributed by atoms with Crippen molar-refractivity contribution in [3.8, 4) is 0 Å². The summed E-state index contributed by atoms with van der Waals surface area (Å²) in [6.07, 6.45) is 2.14. The van der Waals surface area contributed by atoms with E-state index in [0.29, 0.717) is 6.42 Å². The molecule has 0 aliphatic heterocycles. The Morgan fingerprint density at radius 1 is 1.77 bits per heavy atom. The summed E-state index contributed by atoms with van der Waals surface area (Å²) in [4.78, 5) is 11.3. The third-order valence-electron chi connectivity index (χ3n) is 1.79. The second kappa shape index (κ2) is 4.67. The van der Waals surface area contributed by atoms with Gasteiger partial charge in [-0.1, -0.05) is 6.92 Å². The van der Waals surface area contributed by atoms with Crippen molar-refractivity contribution in [3.05, 3.63) is 24.2 Å². The van der Waals surface area contributed by atoms with Crippen molar-refractivity contribution in [1.29, 1.82) is 0 Å². The van der Waals surface area contributed by atoms with Crippen molar-refractivity contribution in [2.45, 2.75) is 19.4 Å². The first-order valence-electron chi connectivity index (χ1n) is 4.23. The molecule has 0 aliphatic carbocycles. The fourth-order valence-corrected chi connectivity index (χ4v) is 0.941. The zero-order valence-electron chi connectivity index (χ0n) is 7.49. The van der Waals surface area contributed by atoms with E-state index in [1.807, 2.05) is 6.92 Å². The first kappa shape index (κ1) is 9.80. The van der Waals surface area contributed by atoms with E-state index in [1.165, 1.54) is 6.26 Å². The Morgan fingerprint density at radius 2 is 2.54 bits per heavy atom. The number of aliphatic hydroxyl groups is 1. The Kier molecular flexibility index (Phi) is 3.52. The highest BCUT2D eigenvalue weighted by Gasteiger charge is 2.12. The van der Waals surface area contributed by atoms with Crippen LogP contribution in [-0.2, 0) is 0 Å². The molecule has 0 spiro atoms. The van der Waals surface area contributed by atoms with Crippen LogP contribution in [0.25, 0.3) is 0 Å². The lowest BCUT2D eigenvalue weighted by Gasteiger charge is -2.12. The van der Waals surface area contributed by atoms with Gasteiger partial charge in [0.1, 0.15) is 0 Å². The second-order valence-electron chi connectivity index (χ2n) is 2.74. The fourth-order valence-electron chi connectivity index (χ4n) is 0.941. The molecule has 1 amide bonds. The number of carbonyl (C=O) groups excluding carboxylic acids is 1. The van der Waals surface area contributed by atoms with E-state index in [2.05, 4.69) is 5.32 Å². The van der Waals surface area contributed by atoms with Crippen molar-refractivity contribution in [3.63, 3.8) is 0 Å².